The van der Waals surface area contributed by atoms with Gasteiger partial charge in [0.05, 0.1) is 6.54 Å². The molecule has 1 amide bonds. The molecule has 4 nitrogen and oxygen atoms in total. The molecular weight excluding hydrogens is 240 g/mol. The summed E-state index contributed by atoms with van der Waals surface area (Å²) in [6, 6.07) is 7.91. The molecule has 1 fully saturated rings. The summed E-state index contributed by atoms with van der Waals surface area (Å²) in [6.07, 6.45) is -0.423. The number of nitrogens with one attached hydrogen (secondary N) is 2. The Bertz CT molecular complexity index is 394. The van der Waals surface area contributed by atoms with Crippen molar-refractivity contribution in [2.24, 2.45) is 0 Å². The van der Waals surface area contributed by atoms with E-state index in [-0.39, 0.29) is 18.2 Å². The van der Waals surface area contributed by atoms with Crippen LogP contribution in [0.1, 0.15) is 18.5 Å². The second-order valence-corrected chi connectivity index (χ2v) is 4.53. The summed E-state index contributed by atoms with van der Waals surface area (Å²) in [6.45, 7) is 3.27. The van der Waals surface area contributed by atoms with E-state index < -0.39 is 0 Å². The first-order valence-electron chi connectivity index (χ1n) is 5.58. The highest BCUT2D eigenvalue weighted by molar-refractivity contribution is 6.30. The van der Waals surface area contributed by atoms with Gasteiger partial charge in [0, 0.05) is 17.6 Å². The quantitative estimate of drug-likeness (QED) is 0.865. The summed E-state index contributed by atoms with van der Waals surface area (Å²) in [5.74, 6) is 0. The third-order valence-corrected chi connectivity index (χ3v) is 3.02. The maximum Gasteiger partial charge on any atom is 0.407 e. The smallest absolute Gasteiger partial charge is 0.407 e. The van der Waals surface area contributed by atoms with Gasteiger partial charge in [-0.05, 0) is 24.6 Å². The first kappa shape index (κ1) is 12.2. The van der Waals surface area contributed by atoms with Crippen LogP contribution in [0.15, 0.2) is 24.3 Å². The van der Waals surface area contributed by atoms with Gasteiger partial charge >= 0.3 is 6.09 Å². The fraction of sp³-hybridized carbons (Fsp3) is 0.417. The Morgan fingerprint density at radius 2 is 2.24 bits per heavy atom. The van der Waals surface area contributed by atoms with E-state index in [2.05, 4.69) is 17.6 Å². The highest BCUT2D eigenvalue weighted by Crippen LogP contribution is 2.16. The molecule has 0 unspecified atom stereocenters. The van der Waals surface area contributed by atoms with Crippen LogP contribution in [0.5, 0.6) is 0 Å². The molecule has 1 aromatic rings. The van der Waals surface area contributed by atoms with Crippen LogP contribution in [0, 0.1) is 0 Å². The molecule has 92 valence electrons. The van der Waals surface area contributed by atoms with Gasteiger partial charge in [-0.2, -0.15) is 0 Å². The number of hydrogen-bond donors (Lipinski definition) is 2. The largest absolute Gasteiger partial charge is 0.443 e. The molecule has 2 atom stereocenters. The lowest BCUT2D eigenvalue weighted by Crippen LogP contribution is -2.31. The minimum atomic E-state index is -0.337. The highest BCUT2D eigenvalue weighted by Gasteiger charge is 2.22. The van der Waals surface area contributed by atoms with Crippen molar-refractivity contribution in [2.45, 2.75) is 19.1 Å². The molecule has 17 heavy (non-hydrogen) atoms. The van der Waals surface area contributed by atoms with Crippen molar-refractivity contribution in [1.29, 1.82) is 0 Å². The molecule has 2 N–H and O–H groups in total. The molecule has 2 rings (SSSR count). The van der Waals surface area contributed by atoms with E-state index >= 15 is 0 Å². The van der Waals surface area contributed by atoms with E-state index in [0.717, 1.165) is 10.6 Å². The van der Waals surface area contributed by atoms with Crippen LogP contribution in [0.4, 0.5) is 4.79 Å². The zero-order valence-corrected chi connectivity index (χ0v) is 10.3. The Balaban J connectivity index is 1.82. The monoisotopic (exact) mass is 254 g/mol. The Hall–Kier alpha value is -1.26. The summed E-state index contributed by atoms with van der Waals surface area (Å²) in [4.78, 5) is 10.8. The first-order chi connectivity index (χ1) is 8.15. The second kappa shape index (κ2) is 5.38. The van der Waals surface area contributed by atoms with Crippen LogP contribution >= 0.6 is 11.6 Å². The van der Waals surface area contributed by atoms with Crippen LogP contribution in [-0.2, 0) is 4.74 Å². The number of rotatable bonds is 4. The number of halogens is 1. The first-order valence-corrected chi connectivity index (χ1v) is 5.96. The van der Waals surface area contributed by atoms with Gasteiger partial charge in [-0.15, -0.1) is 0 Å². The van der Waals surface area contributed by atoms with Crippen LogP contribution in [0.2, 0.25) is 5.02 Å². The highest BCUT2D eigenvalue weighted by atomic mass is 35.5. The molecule has 0 bridgehead atoms. The van der Waals surface area contributed by atoms with Crippen LogP contribution in [0.25, 0.3) is 0 Å². The molecule has 1 saturated heterocycles. The predicted molar refractivity (Wildman–Crippen MR) is 66.1 cm³/mol. The van der Waals surface area contributed by atoms with Gasteiger partial charge in [-0.25, -0.2) is 4.79 Å². The van der Waals surface area contributed by atoms with E-state index in [1.807, 2.05) is 24.3 Å². The Morgan fingerprint density at radius 1 is 1.53 bits per heavy atom. The average Bonchev–Trinajstić information content (AvgIpc) is 2.73. The van der Waals surface area contributed by atoms with Gasteiger partial charge in [0.15, 0.2) is 0 Å². The normalized spacial score (nSPS) is 20.8. The fourth-order valence-corrected chi connectivity index (χ4v) is 1.85. The van der Waals surface area contributed by atoms with Gasteiger partial charge in [0.25, 0.3) is 0 Å². The van der Waals surface area contributed by atoms with Crippen LogP contribution in [-0.4, -0.2) is 25.3 Å². The number of cyclic esters (lactones) is 1. The average molecular weight is 255 g/mol. The van der Waals surface area contributed by atoms with Gasteiger partial charge in [0.1, 0.15) is 6.10 Å². The molecule has 1 heterocycles. The van der Waals surface area contributed by atoms with Gasteiger partial charge in [0.2, 0.25) is 0 Å². The van der Waals surface area contributed by atoms with E-state index in [0.29, 0.717) is 13.1 Å². The van der Waals surface area contributed by atoms with Gasteiger partial charge in [-0.3, -0.25) is 0 Å². The molecular formula is C12H15ClN2O2. The van der Waals surface area contributed by atoms with Crippen molar-refractivity contribution in [3.8, 4) is 0 Å². The maximum atomic E-state index is 10.8. The van der Waals surface area contributed by atoms with Crippen molar-refractivity contribution in [3.63, 3.8) is 0 Å². The zero-order chi connectivity index (χ0) is 12.3. The molecule has 1 aromatic carbocycles. The lowest BCUT2D eigenvalue weighted by Gasteiger charge is -2.16. The number of carbonyl (C=O) groups is 1. The number of alkyl carbamates (subject to hydrolysis) is 1. The lowest BCUT2D eigenvalue weighted by atomic mass is 10.1. The zero-order valence-electron chi connectivity index (χ0n) is 9.57. The summed E-state index contributed by atoms with van der Waals surface area (Å²) in [7, 11) is 0. The third-order valence-electron chi connectivity index (χ3n) is 2.77. The van der Waals surface area contributed by atoms with E-state index in [1.165, 1.54) is 0 Å². The molecule has 0 spiro atoms. The minimum Gasteiger partial charge on any atom is -0.443 e. The van der Waals surface area contributed by atoms with Crippen molar-refractivity contribution in [1.82, 2.24) is 10.6 Å². The predicted octanol–water partition coefficient (Wildman–Crippen LogP) is 2.10. The van der Waals surface area contributed by atoms with Crippen LogP contribution in [0.3, 0.4) is 0 Å². The van der Waals surface area contributed by atoms with Crippen molar-refractivity contribution >= 4 is 17.7 Å². The van der Waals surface area contributed by atoms with E-state index in [1.54, 1.807) is 0 Å². The van der Waals surface area contributed by atoms with Crippen LogP contribution < -0.4 is 10.6 Å². The minimum absolute atomic E-state index is 0.0859. The fourth-order valence-electron chi connectivity index (χ4n) is 1.72. The molecule has 1 aliphatic heterocycles. The SMILES string of the molecule is C[C@H](NC[C@H]1CNC(=O)O1)c1ccc(Cl)cc1. The van der Waals surface area contributed by atoms with Gasteiger partial charge < -0.3 is 15.4 Å². The summed E-state index contributed by atoms with van der Waals surface area (Å²) in [5, 5.41) is 6.67. The number of hydrogen-bond acceptors (Lipinski definition) is 3. The lowest BCUT2D eigenvalue weighted by molar-refractivity contribution is 0.138. The number of benzene rings is 1. The maximum absolute atomic E-state index is 10.8. The molecule has 5 heteroatoms. The Morgan fingerprint density at radius 3 is 2.82 bits per heavy atom. The Kier molecular flexibility index (Phi) is 3.86. The molecule has 1 aliphatic rings. The summed E-state index contributed by atoms with van der Waals surface area (Å²) in [5.41, 5.74) is 1.16. The van der Waals surface area contributed by atoms with Crippen molar-refractivity contribution in [2.75, 3.05) is 13.1 Å². The van der Waals surface area contributed by atoms with E-state index in [9.17, 15) is 4.79 Å². The topological polar surface area (TPSA) is 50.4 Å². The molecule has 0 aliphatic carbocycles. The molecule has 0 saturated carbocycles. The van der Waals surface area contributed by atoms with Crippen molar-refractivity contribution < 1.29 is 9.53 Å². The number of amides is 1. The second-order valence-electron chi connectivity index (χ2n) is 4.09. The Labute approximate surface area is 105 Å². The number of ether oxygens (including phenoxy) is 1. The molecule has 0 radical (unpaired) electrons. The third kappa shape index (κ3) is 3.35. The standard InChI is InChI=1S/C12H15ClN2O2/c1-8(9-2-4-10(13)5-3-9)14-6-11-7-15-12(16)17-11/h2-5,8,11,14H,6-7H2,1H3,(H,15,16)/t8-,11-/m0/s1. The van der Waals surface area contributed by atoms with E-state index in [4.69, 9.17) is 16.3 Å². The van der Waals surface area contributed by atoms with Gasteiger partial charge in [-0.1, -0.05) is 23.7 Å². The summed E-state index contributed by atoms with van der Waals surface area (Å²) >= 11 is 5.83. The summed E-state index contributed by atoms with van der Waals surface area (Å²) < 4.78 is 5.03. The molecule has 0 aromatic heterocycles. The van der Waals surface area contributed by atoms with Crippen molar-refractivity contribution in [3.05, 3.63) is 34.9 Å². The number of carbonyl (C=O) groups excluding carboxylic acids is 1.